The molecule has 2 rings (SSSR count). The zero-order chi connectivity index (χ0) is 17.2. The van der Waals surface area contributed by atoms with Gasteiger partial charge in [-0.05, 0) is 18.2 Å². The van der Waals surface area contributed by atoms with Crippen molar-refractivity contribution in [2.75, 3.05) is 4.72 Å². The summed E-state index contributed by atoms with van der Waals surface area (Å²) in [6.45, 7) is 0. The minimum atomic E-state index is -4.31. The van der Waals surface area contributed by atoms with E-state index < -0.39 is 38.0 Å². The van der Waals surface area contributed by atoms with Crippen LogP contribution in [0.3, 0.4) is 0 Å². The second-order valence-electron chi connectivity index (χ2n) is 4.29. The van der Waals surface area contributed by atoms with Gasteiger partial charge >= 0.3 is 5.69 Å². The highest BCUT2D eigenvalue weighted by molar-refractivity contribution is 7.92. The molecule has 0 heterocycles. The quantitative estimate of drug-likeness (QED) is 0.679. The Kier molecular flexibility index (Phi) is 4.24. The first-order valence-corrected chi connectivity index (χ1v) is 7.39. The number of hydrogen-bond donors (Lipinski definition) is 1. The fourth-order valence-electron chi connectivity index (χ4n) is 1.69. The number of nitro benzene ring substituents is 1. The minimum absolute atomic E-state index is 0.0541. The largest absolute Gasteiger partial charge is 0.307 e. The van der Waals surface area contributed by atoms with Crippen LogP contribution < -0.4 is 4.72 Å². The molecule has 0 spiro atoms. The molecule has 0 saturated heterocycles. The van der Waals surface area contributed by atoms with Crippen molar-refractivity contribution >= 4 is 21.4 Å². The molecule has 0 aliphatic heterocycles. The maximum Gasteiger partial charge on any atom is 0.307 e. The first-order chi connectivity index (χ1) is 10.7. The Hall–Kier alpha value is -3.06. The lowest BCUT2D eigenvalue weighted by Crippen LogP contribution is -2.14. The number of sulfonamides is 1. The normalized spacial score (nSPS) is 10.8. The van der Waals surface area contributed by atoms with Gasteiger partial charge in [0.1, 0.15) is 0 Å². The summed E-state index contributed by atoms with van der Waals surface area (Å²) < 4.78 is 53.0. The van der Waals surface area contributed by atoms with Crippen molar-refractivity contribution < 1.29 is 22.1 Å². The number of hydrogen-bond acceptors (Lipinski definition) is 5. The highest BCUT2D eigenvalue weighted by Gasteiger charge is 2.22. The highest BCUT2D eigenvalue weighted by Crippen LogP contribution is 2.27. The number of nitro groups is 1. The van der Waals surface area contributed by atoms with Gasteiger partial charge in [0, 0.05) is 12.1 Å². The lowest BCUT2D eigenvalue weighted by atomic mass is 10.2. The summed E-state index contributed by atoms with van der Waals surface area (Å²) in [6.07, 6.45) is 0. The standard InChI is InChI=1S/C13H7F2N3O4S/c14-10-5-11(15)13(18(19)20)6-12(10)17-23(21,22)9-3-1-2-8(4-9)7-16/h1-6,17H. The monoisotopic (exact) mass is 339 g/mol. The van der Waals surface area contributed by atoms with Crippen LogP contribution in [-0.2, 0) is 10.0 Å². The number of nitrogens with zero attached hydrogens (tertiary/aromatic N) is 2. The van der Waals surface area contributed by atoms with Gasteiger partial charge in [-0.1, -0.05) is 6.07 Å². The van der Waals surface area contributed by atoms with Crippen molar-refractivity contribution in [2.24, 2.45) is 0 Å². The average Bonchev–Trinajstić information content (AvgIpc) is 2.49. The average molecular weight is 339 g/mol. The lowest BCUT2D eigenvalue weighted by Gasteiger charge is -2.09. The summed E-state index contributed by atoms with van der Waals surface area (Å²) in [6, 6.07) is 7.25. The van der Waals surface area contributed by atoms with Crippen LogP contribution in [0.5, 0.6) is 0 Å². The fraction of sp³-hybridized carbons (Fsp3) is 0. The third-order valence-corrected chi connectivity index (χ3v) is 4.11. The van der Waals surface area contributed by atoms with E-state index in [1.165, 1.54) is 12.1 Å². The maximum atomic E-state index is 13.6. The predicted octanol–water partition coefficient (Wildman–Crippen LogP) is 2.55. The molecule has 0 atom stereocenters. The lowest BCUT2D eigenvalue weighted by molar-refractivity contribution is -0.387. The summed E-state index contributed by atoms with van der Waals surface area (Å²) in [4.78, 5) is 9.18. The van der Waals surface area contributed by atoms with Gasteiger partial charge in [-0.3, -0.25) is 14.8 Å². The van der Waals surface area contributed by atoms with E-state index in [0.717, 1.165) is 12.1 Å². The van der Waals surface area contributed by atoms with Crippen molar-refractivity contribution in [3.05, 3.63) is 63.7 Å². The molecular weight excluding hydrogens is 332 g/mol. The molecule has 0 aliphatic carbocycles. The van der Waals surface area contributed by atoms with Crippen LogP contribution >= 0.6 is 0 Å². The number of nitrogens with one attached hydrogen (secondary N) is 1. The number of nitriles is 1. The number of anilines is 1. The fourth-order valence-corrected chi connectivity index (χ4v) is 2.80. The van der Waals surface area contributed by atoms with E-state index in [1.807, 2.05) is 0 Å². The Morgan fingerprint density at radius 1 is 1.17 bits per heavy atom. The molecule has 7 nitrogen and oxygen atoms in total. The Labute approximate surface area is 129 Å². The summed E-state index contributed by atoms with van der Waals surface area (Å²) in [7, 11) is -4.31. The molecule has 2 aromatic rings. The maximum absolute atomic E-state index is 13.6. The third kappa shape index (κ3) is 3.41. The zero-order valence-electron chi connectivity index (χ0n) is 11.2. The van der Waals surface area contributed by atoms with Crippen molar-refractivity contribution in [1.29, 1.82) is 5.26 Å². The van der Waals surface area contributed by atoms with Crippen molar-refractivity contribution in [2.45, 2.75) is 4.90 Å². The molecule has 0 fully saturated rings. The van der Waals surface area contributed by atoms with Crippen molar-refractivity contribution in [1.82, 2.24) is 0 Å². The molecule has 0 unspecified atom stereocenters. The zero-order valence-corrected chi connectivity index (χ0v) is 12.0. The number of halogens is 2. The summed E-state index contributed by atoms with van der Waals surface area (Å²) in [5.41, 5.74) is -1.80. The van der Waals surface area contributed by atoms with E-state index in [-0.39, 0.29) is 16.5 Å². The van der Waals surface area contributed by atoms with Gasteiger partial charge in [-0.15, -0.1) is 0 Å². The molecular formula is C13H7F2N3O4S. The predicted molar refractivity (Wildman–Crippen MR) is 75.0 cm³/mol. The molecule has 0 bridgehead atoms. The Morgan fingerprint density at radius 3 is 2.48 bits per heavy atom. The van der Waals surface area contributed by atoms with E-state index in [9.17, 15) is 27.3 Å². The molecule has 0 aromatic heterocycles. The van der Waals surface area contributed by atoms with Crippen LogP contribution in [-0.4, -0.2) is 13.3 Å². The SMILES string of the molecule is N#Cc1cccc(S(=O)(=O)Nc2cc([N+](=O)[O-])c(F)cc2F)c1. The molecule has 23 heavy (non-hydrogen) atoms. The van der Waals surface area contributed by atoms with Gasteiger partial charge in [-0.2, -0.15) is 9.65 Å². The molecule has 1 N–H and O–H groups in total. The van der Waals surface area contributed by atoms with Gasteiger partial charge < -0.3 is 0 Å². The molecule has 10 heteroatoms. The number of rotatable bonds is 4. The minimum Gasteiger partial charge on any atom is -0.276 e. The first-order valence-electron chi connectivity index (χ1n) is 5.91. The van der Waals surface area contributed by atoms with Gasteiger partial charge in [0.05, 0.1) is 27.1 Å². The second-order valence-corrected chi connectivity index (χ2v) is 5.97. The smallest absolute Gasteiger partial charge is 0.276 e. The third-order valence-electron chi connectivity index (χ3n) is 2.75. The Balaban J connectivity index is 2.47. The highest BCUT2D eigenvalue weighted by atomic mass is 32.2. The molecule has 0 amide bonds. The first kappa shape index (κ1) is 16.3. The van der Waals surface area contributed by atoms with E-state index in [0.29, 0.717) is 6.07 Å². The molecule has 0 aliphatic rings. The van der Waals surface area contributed by atoms with E-state index in [1.54, 1.807) is 10.8 Å². The van der Waals surface area contributed by atoms with Gasteiger partial charge in [0.2, 0.25) is 5.82 Å². The second kappa shape index (κ2) is 5.98. The Bertz CT molecular complexity index is 939. The molecule has 0 saturated carbocycles. The van der Waals surface area contributed by atoms with Crippen LogP contribution in [0.15, 0.2) is 41.3 Å². The van der Waals surface area contributed by atoms with Crippen LogP contribution in [0, 0.1) is 33.1 Å². The van der Waals surface area contributed by atoms with Crippen LogP contribution in [0.2, 0.25) is 0 Å². The van der Waals surface area contributed by atoms with Gasteiger partial charge in [0.25, 0.3) is 10.0 Å². The van der Waals surface area contributed by atoms with Crippen LogP contribution in [0.1, 0.15) is 5.56 Å². The van der Waals surface area contributed by atoms with E-state index in [2.05, 4.69) is 0 Å². The van der Waals surface area contributed by atoms with Crippen molar-refractivity contribution in [3.8, 4) is 6.07 Å². The molecule has 0 radical (unpaired) electrons. The van der Waals surface area contributed by atoms with Crippen LogP contribution in [0.4, 0.5) is 20.2 Å². The van der Waals surface area contributed by atoms with Gasteiger partial charge in [0.15, 0.2) is 5.82 Å². The van der Waals surface area contributed by atoms with Crippen LogP contribution in [0.25, 0.3) is 0 Å². The molecule has 2 aromatic carbocycles. The topological polar surface area (TPSA) is 113 Å². The summed E-state index contributed by atoms with van der Waals surface area (Å²) in [5, 5.41) is 19.4. The Morgan fingerprint density at radius 2 is 1.87 bits per heavy atom. The van der Waals surface area contributed by atoms with Gasteiger partial charge in [-0.25, -0.2) is 12.8 Å². The molecule has 118 valence electrons. The summed E-state index contributed by atoms with van der Waals surface area (Å²) in [5.74, 6) is -2.74. The van der Waals surface area contributed by atoms with E-state index >= 15 is 0 Å². The number of benzene rings is 2. The van der Waals surface area contributed by atoms with E-state index in [4.69, 9.17) is 5.26 Å². The van der Waals surface area contributed by atoms with Crippen molar-refractivity contribution in [3.63, 3.8) is 0 Å². The summed E-state index contributed by atoms with van der Waals surface area (Å²) >= 11 is 0.